The highest BCUT2D eigenvalue weighted by Crippen LogP contribution is 2.23. The molecule has 0 unspecified atom stereocenters. The number of halogens is 1. The first-order valence-electron chi connectivity index (χ1n) is 10.4. The molecule has 0 aliphatic carbocycles. The predicted molar refractivity (Wildman–Crippen MR) is 126 cm³/mol. The fourth-order valence-corrected chi connectivity index (χ4v) is 3.64. The largest absolute Gasteiger partial charge is 0.277 e. The summed E-state index contributed by atoms with van der Waals surface area (Å²) in [4.78, 5) is 36.5. The molecule has 7 nitrogen and oxygen atoms in total. The van der Waals surface area contributed by atoms with Crippen LogP contribution in [0.3, 0.4) is 0 Å². The highest BCUT2D eigenvalue weighted by atomic mass is 35.5. The number of carbonyl (C=O) groups is 1. The minimum Gasteiger partial charge on any atom is -0.272 e. The van der Waals surface area contributed by atoms with Crippen LogP contribution in [0.25, 0.3) is 5.78 Å². The first-order chi connectivity index (χ1) is 15.3. The quantitative estimate of drug-likeness (QED) is 0.480. The fourth-order valence-electron chi connectivity index (χ4n) is 3.43. The van der Waals surface area contributed by atoms with Gasteiger partial charge < -0.3 is 0 Å². The molecule has 4 rings (SSSR count). The number of H-pyrrole nitrogens is 1. The number of nitrogens with one attached hydrogen (secondary N) is 1. The van der Waals surface area contributed by atoms with Crippen molar-refractivity contribution in [2.45, 2.75) is 40.2 Å². The van der Waals surface area contributed by atoms with E-state index in [4.69, 9.17) is 11.6 Å². The number of aromatic nitrogens is 4. The van der Waals surface area contributed by atoms with E-state index in [1.807, 2.05) is 12.1 Å². The molecule has 0 saturated heterocycles. The SMILES string of the molecule is Cc1nc2nc(N(Cc3ccc(C(C)C)cc3)C(=O)c3ccccc3Cl)[nH]n2c(=O)c1C. The van der Waals surface area contributed by atoms with Crippen LogP contribution in [0.1, 0.15) is 52.5 Å². The zero-order chi connectivity index (χ0) is 23.0. The molecule has 0 aliphatic heterocycles. The Labute approximate surface area is 190 Å². The van der Waals surface area contributed by atoms with E-state index >= 15 is 0 Å². The standard InChI is InChI=1S/C24H24ClN5O2/c1-14(2)18-11-9-17(10-12-18)13-29(22(32)19-7-5-6-8-20(19)25)24-27-23-26-16(4)15(3)21(31)30(23)28-24/h5-12,14H,13H2,1-4H3,(H,26,27,28). The minimum atomic E-state index is -0.330. The van der Waals surface area contributed by atoms with Crippen LogP contribution in [0.15, 0.2) is 53.3 Å². The number of nitrogens with zero attached hydrogens (tertiary/aromatic N) is 4. The Morgan fingerprint density at radius 1 is 1.09 bits per heavy atom. The highest BCUT2D eigenvalue weighted by molar-refractivity contribution is 6.34. The number of benzene rings is 2. The van der Waals surface area contributed by atoms with E-state index in [9.17, 15) is 9.59 Å². The van der Waals surface area contributed by atoms with E-state index in [2.05, 4.69) is 41.0 Å². The van der Waals surface area contributed by atoms with Crippen LogP contribution in [-0.2, 0) is 6.54 Å². The number of carbonyl (C=O) groups excluding carboxylic acids is 1. The van der Waals surface area contributed by atoms with Gasteiger partial charge in [0.1, 0.15) is 0 Å². The smallest absolute Gasteiger partial charge is 0.272 e. The summed E-state index contributed by atoms with van der Waals surface area (Å²) in [6.45, 7) is 7.97. The molecular weight excluding hydrogens is 426 g/mol. The second-order valence-electron chi connectivity index (χ2n) is 8.08. The monoisotopic (exact) mass is 449 g/mol. The van der Waals surface area contributed by atoms with Gasteiger partial charge in [0, 0.05) is 11.3 Å². The summed E-state index contributed by atoms with van der Waals surface area (Å²) < 4.78 is 1.26. The van der Waals surface area contributed by atoms with Crippen molar-refractivity contribution in [1.82, 2.24) is 19.6 Å². The molecule has 8 heteroatoms. The van der Waals surface area contributed by atoms with E-state index in [0.29, 0.717) is 27.8 Å². The van der Waals surface area contributed by atoms with Crippen LogP contribution in [0, 0.1) is 13.8 Å². The number of rotatable bonds is 5. The molecule has 4 aromatic rings. The molecule has 0 bridgehead atoms. The van der Waals surface area contributed by atoms with Crippen LogP contribution >= 0.6 is 11.6 Å². The third kappa shape index (κ3) is 4.03. The molecule has 164 valence electrons. The summed E-state index contributed by atoms with van der Waals surface area (Å²) in [5, 5.41) is 3.29. The summed E-state index contributed by atoms with van der Waals surface area (Å²) >= 11 is 6.31. The van der Waals surface area contributed by atoms with Crippen LogP contribution in [0.4, 0.5) is 5.95 Å². The number of aryl methyl sites for hydroxylation is 1. The average Bonchev–Trinajstić information content (AvgIpc) is 3.20. The predicted octanol–water partition coefficient (Wildman–Crippen LogP) is 4.66. The molecule has 32 heavy (non-hydrogen) atoms. The maximum absolute atomic E-state index is 13.5. The first kappa shape index (κ1) is 21.8. The van der Waals surface area contributed by atoms with Crippen molar-refractivity contribution in [2.24, 2.45) is 0 Å². The van der Waals surface area contributed by atoms with Gasteiger partial charge in [-0.1, -0.05) is 61.8 Å². The van der Waals surface area contributed by atoms with Gasteiger partial charge in [-0.15, -0.1) is 0 Å². The molecule has 2 aromatic heterocycles. The number of hydrogen-bond acceptors (Lipinski definition) is 4. The molecule has 2 heterocycles. The lowest BCUT2D eigenvalue weighted by molar-refractivity contribution is 0.0983. The van der Waals surface area contributed by atoms with Crippen LogP contribution in [-0.4, -0.2) is 25.5 Å². The lowest BCUT2D eigenvalue weighted by Gasteiger charge is -2.20. The second kappa shape index (κ2) is 8.59. The van der Waals surface area contributed by atoms with Gasteiger partial charge in [-0.25, -0.2) is 4.98 Å². The summed E-state index contributed by atoms with van der Waals surface area (Å²) in [5.74, 6) is 0.506. The lowest BCUT2D eigenvalue weighted by atomic mass is 10.0. The van der Waals surface area contributed by atoms with E-state index in [-0.39, 0.29) is 29.7 Å². The van der Waals surface area contributed by atoms with Gasteiger partial charge in [-0.05, 0) is 43.0 Å². The van der Waals surface area contributed by atoms with Gasteiger partial charge in [0.2, 0.25) is 5.95 Å². The average molecular weight is 450 g/mol. The van der Waals surface area contributed by atoms with E-state index < -0.39 is 0 Å². The molecule has 0 atom stereocenters. The molecule has 0 aliphatic rings. The lowest BCUT2D eigenvalue weighted by Crippen LogP contribution is -2.32. The van der Waals surface area contributed by atoms with Crippen molar-refractivity contribution in [2.75, 3.05) is 4.90 Å². The van der Waals surface area contributed by atoms with Crippen LogP contribution in [0.5, 0.6) is 0 Å². The van der Waals surface area contributed by atoms with E-state index in [0.717, 1.165) is 5.56 Å². The van der Waals surface area contributed by atoms with E-state index in [1.165, 1.54) is 15.0 Å². The van der Waals surface area contributed by atoms with Gasteiger partial charge >= 0.3 is 0 Å². The minimum absolute atomic E-state index is 0.209. The zero-order valence-electron chi connectivity index (χ0n) is 18.4. The van der Waals surface area contributed by atoms with Crippen molar-refractivity contribution in [3.63, 3.8) is 0 Å². The van der Waals surface area contributed by atoms with Crippen molar-refractivity contribution in [3.05, 3.63) is 91.9 Å². The Hall–Kier alpha value is -3.45. The maximum atomic E-state index is 13.5. The number of fused-ring (bicyclic) bond motifs is 1. The van der Waals surface area contributed by atoms with Crippen molar-refractivity contribution in [3.8, 4) is 0 Å². The molecule has 0 fully saturated rings. The number of amides is 1. The number of anilines is 1. The molecule has 2 aromatic carbocycles. The Bertz CT molecular complexity index is 1360. The summed E-state index contributed by atoms with van der Waals surface area (Å²) in [7, 11) is 0. The van der Waals surface area contributed by atoms with E-state index in [1.54, 1.807) is 38.1 Å². The van der Waals surface area contributed by atoms with Gasteiger partial charge in [0.15, 0.2) is 0 Å². The van der Waals surface area contributed by atoms with Crippen molar-refractivity contribution < 1.29 is 4.79 Å². The zero-order valence-corrected chi connectivity index (χ0v) is 19.1. The Morgan fingerprint density at radius 2 is 1.78 bits per heavy atom. The Balaban J connectivity index is 1.81. The van der Waals surface area contributed by atoms with Crippen molar-refractivity contribution >= 4 is 29.2 Å². The van der Waals surface area contributed by atoms with Gasteiger partial charge in [0.25, 0.3) is 17.2 Å². The molecular formula is C24H24ClN5O2. The maximum Gasteiger partial charge on any atom is 0.277 e. The molecule has 0 saturated carbocycles. The summed E-state index contributed by atoms with van der Waals surface area (Å²) in [5.41, 5.74) is 3.34. The van der Waals surface area contributed by atoms with Gasteiger partial charge in [-0.2, -0.15) is 9.50 Å². The van der Waals surface area contributed by atoms with Crippen molar-refractivity contribution in [1.29, 1.82) is 0 Å². The summed E-state index contributed by atoms with van der Waals surface area (Å²) in [6, 6.07) is 14.9. The van der Waals surface area contributed by atoms with Gasteiger partial charge in [0.05, 0.1) is 17.1 Å². The number of aromatic amines is 1. The molecule has 1 N–H and O–H groups in total. The molecule has 1 amide bonds. The third-order valence-electron chi connectivity index (χ3n) is 5.54. The van der Waals surface area contributed by atoms with Gasteiger partial charge in [-0.3, -0.25) is 19.6 Å². The summed E-state index contributed by atoms with van der Waals surface area (Å²) in [6.07, 6.45) is 0. The highest BCUT2D eigenvalue weighted by Gasteiger charge is 2.24. The Kier molecular flexibility index (Phi) is 5.84. The second-order valence-corrected chi connectivity index (χ2v) is 8.48. The number of hydrogen-bond donors (Lipinski definition) is 1. The first-order valence-corrected chi connectivity index (χ1v) is 10.7. The normalized spacial score (nSPS) is 11.3. The fraction of sp³-hybridized carbons (Fsp3) is 0.250. The molecule has 0 radical (unpaired) electrons. The topological polar surface area (TPSA) is 83.4 Å². The molecule has 0 spiro atoms. The Morgan fingerprint density at radius 3 is 2.44 bits per heavy atom. The van der Waals surface area contributed by atoms with Crippen LogP contribution < -0.4 is 10.5 Å². The third-order valence-corrected chi connectivity index (χ3v) is 5.87. The van der Waals surface area contributed by atoms with Crippen LogP contribution in [0.2, 0.25) is 5.02 Å².